The Labute approximate surface area is 195 Å². The van der Waals surface area contributed by atoms with Gasteiger partial charge in [-0.05, 0) is 30.4 Å². The smallest absolute Gasteiger partial charge is 0.273 e. The molecule has 2 aromatic heterocycles. The molecule has 1 fully saturated rings. The predicted molar refractivity (Wildman–Crippen MR) is 123 cm³/mol. The summed E-state index contributed by atoms with van der Waals surface area (Å²) in [6, 6.07) is 9.25. The van der Waals surface area contributed by atoms with E-state index < -0.39 is 5.41 Å². The quantitative estimate of drug-likeness (QED) is 0.577. The molecule has 1 aliphatic carbocycles. The van der Waals surface area contributed by atoms with E-state index in [2.05, 4.69) is 27.5 Å². The summed E-state index contributed by atoms with van der Waals surface area (Å²) >= 11 is 0. The van der Waals surface area contributed by atoms with Gasteiger partial charge in [-0.3, -0.25) is 14.4 Å². The van der Waals surface area contributed by atoms with Gasteiger partial charge >= 0.3 is 0 Å². The van der Waals surface area contributed by atoms with Crippen molar-refractivity contribution in [2.45, 2.75) is 31.4 Å². The number of H-pyrrole nitrogens is 1. The van der Waals surface area contributed by atoms with Gasteiger partial charge in [0, 0.05) is 31.5 Å². The minimum atomic E-state index is -0.531. The Bertz CT molecular complexity index is 1370. The van der Waals surface area contributed by atoms with Gasteiger partial charge < -0.3 is 19.9 Å². The lowest BCUT2D eigenvalue weighted by Gasteiger charge is -2.42. The highest BCUT2D eigenvalue weighted by molar-refractivity contribution is 5.93. The Hall–Kier alpha value is -3.72. The number of hydrogen-bond acceptors (Lipinski definition) is 5. The summed E-state index contributed by atoms with van der Waals surface area (Å²) in [5.74, 6) is -0.297. The number of ether oxygens (including phenoxy) is 1. The second-order valence-electron chi connectivity index (χ2n) is 9.29. The third-order valence-corrected chi connectivity index (χ3v) is 7.24. The molecule has 34 heavy (non-hydrogen) atoms. The summed E-state index contributed by atoms with van der Waals surface area (Å²) in [5.41, 5.74) is 1.84. The van der Waals surface area contributed by atoms with Gasteiger partial charge in [-0.25, -0.2) is 4.52 Å². The van der Waals surface area contributed by atoms with E-state index >= 15 is 0 Å². The van der Waals surface area contributed by atoms with E-state index in [0.29, 0.717) is 31.5 Å². The van der Waals surface area contributed by atoms with Crippen molar-refractivity contribution in [1.82, 2.24) is 24.8 Å². The highest BCUT2D eigenvalue weighted by atomic mass is 16.5. The summed E-state index contributed by atoms with van der Waals surface area (Å²) in [6.07, 6.45) is 9.32. The third-order valence-electron chi connectivity index (χ3n) is 7.24. The first-order valence-electron chi connectivity index (χ1n) is 11.6. The normalized spacial score (nSPS) is 25.4. The Balaban J connectivity index is 1.27. The third kappa shape index (κ3) is 3.35. The highest BCUT2D eigenvalue weighted by Crippen LogP contribution is 2.44. The van der Waals surface area contributed by atoms with Crippen molar-refractivity contribution in [1.29, 1.82) is 0 Å². The highest BCUT2D eigenvalue weighted by Gasteiger charge is 2.50. The van der Waals surface area contributed by atoms with Crippen molar-refractivity contribution in [2.24, 2.45) is 5.41 Å². The Kier molecular flexibility index (Phi) is 4.88. The van der Waals surface area contributed by atoms with Crippen LogP contribution in [-0.2, 0) is 16.0 Å². The molecule has 0 radical (unpaired) electrons. The molecule has 2 bridgehead atoms. The summed E-state index contributed by atoms with van der Waals surface area (Å²) in [6.45, 7) is 1.27. The van der Waals surface area contributed by atoms with E-state index in [0.717, 1.165) is 12.0 Å². The predicted octanol–water partition coefficient (Wildman–Crippen LogP) is 1.61. The summed E-state index contributed by atoms with van der Waals surface area (Å²) in [7, 11) is 0. The van der Waals surface area contributed by atoms with Crippen molar-refractivity contribution in [2.75, 3.05) is 19.7 Å². The number of aromatic nitrogens is 3. The fourth-order valence-corrected chi connectivity index (χ4v) is 5.46. The number of carbonyl (C=O) groups excluding carboxylic acids is 2. The van der Waals surface area contributed by atoms with Crippen LogP contribution in [0, 0.1) is 5.41 Å². The number of rotatable bonds is 4. The van der Waals surface area contributed by atoms with Crippen LogP contribution in [0.4, 0.5) is 0 Å². The van der Waals surface area contributed by atoms with Gasteiger partial charge in [0.05, 0.1) is 24.2 Å². The second kappa shape index (κ2) is 7.95. The first-order chi connectivity index (χ1) is 16.5. The zero-order valence-corrected chi connectivity index (χ0v) is 18.6. The van der Waals surface area contributed by atoms with Crippen LogP contribution in [0.5, 0.6) is 0 Å². The maximum atomic E-state index is 13.9. The van der Waals surface area contributed by atoms with E-state index in [1.807, 2.05) is 29.2 Å². The molecule has 3 aromatic rings. The lowest BCUT2D eigenvalue weighted by molar-refractivity contribution is -0.145. The lowest BCUT2D eigenvalue weighted by Crippen LogP contribution is -2.51. The van der Waals surface area contributed by atoms with Crippen LogP contribution in [0.1, 0.15) is 40.5 Å². The summed E-state index contributed by atoms with van der Waals surface area (Å²) in [4.78, 5) is 43.3. The van der Waals surface area contributed by atoms with Crippen molar-refractivity contribution < 1.29 is 14.3 Å². The average Bonchev–Trinajstić information content (AvgIpc) is 3.44. The number of allylic oxidation sites excluding steroid dienone is 1. The number of fused-ring (bicyclic) bond motifs is 4. The molecule has 6 rings (SSSR count). The summed E-state index contributed by atoms with van der Waals surface area (Å²) < 4.78 is 7.23. The number of amides is 2. The van der Waals surface area contributed by atoms with Crippen LogP contribution in [0.15, 0.2) is 59.7 Å². The maximum Gasteiger partial charge on any atom is 0.273 e. The number of hydrogen-bond donors (Lipinski definition) is 2. The van der Waals surface area contributed by atoms with Crippen molar-refractivity contribution >= 4 is 17.3 Å². The maximum absolute atomic E-state index is 13.9. The SMILES string of the molecule is O=C(NCC1c2ccccc2CCN1C(=O)C12CC=CC(C1)OC2)c1cc2c(=O)[nH]ccn2n1. The molecule has 9 heteroatoms. The van der Waals surface area contributed by atoms with E-state index in [4.69, 9.17) is 4.74 Å². The topological polar surface area (TPSA) is 109 Å². The molecule has 0 spiro atoms. The number of carbonyl (C=O) groups is 2. The number of benzene rings is 1. The lowest BCUT2D eigenvalue weighted by atomic mass is 9.76. The van der Waals surface area contributed by atoms with Gasteiger partial charge in [-0.1, -0.05) is 36.4 Å². The van der Waals surface area contributed by atoms with Gasteiger partial charge in [-0.15, -0.1) is 0 Å². The fourth-order valence-electron chi connectivity index (χ4n) is 5.46. The van der Waals surface area contributed by atoms with Gasteiger partial charge in [-0.2, -0.15) is 5.10 Å². The van der Waals surface area contributed by atoms with Crippen LogP contribution < -0.4 is 10.9 Å². The standard InChI is InChI=1S/C25H25N5O4/c31-22(19-12-20-23(32)26-9-11-30(20)28-19)27-14-21-18-6-2-1-4-16(18)7-10-29(21)24(33)25-8-3-5-17(13-25)34-15-25/h1-6,9,11-12,17,21H,7-8,10,13-15H2,(H,26,32)(H,27,31). The van der Waals surface area contributed by atoms with E-state index in [9.17, 15) is 14.4 Å². The molecule has 1 saturated heterocycles. The van der Waals surface area contributed by atoms with Crippen LogP contribution in [-0.4, -0.2) is 57.1 Å². The zero-order chi connectivity index (χ0) is 23.3. The molecule has 2 aliphatic heterocycles. The van der Waals surface area contributed by atoms with Crippen LogP contribution in [0.2, 0.25) is 0 Å². The van der Waals surface area contributed by atoms with Crippen LogP contribution in [0.25, 0.3) is 5.52 Å². The number of aromatic amines is 1. The van der Waals surface area contributed by atoms with E-state index in [-0.39, 0.29) is 41.8 Å². The number of nitrogens with zero attached hydrogens (tertiary/aromatic N) is 3. The molecule has 3 aliphatic rings. The van der Waals surface area contributed by atoms with Crippen LogP contribution in [0.3, 0.4) is 0 Å². The average molecular weight is 460 g/mol. The minimum absolute atomic E-state index is 0.00567. The van der Waals surface area contributed by atoms with E-state index in [1.165, 1.54) is 22.3 Å². The monoisotopic (exact) mass is 459 g/mol. The molecule has 2 amide bonds. The Morgan fingerprint density at radius 2 is 2.18 bits per heavy atom. The Morgan fingerprint density at radius 1 is 1.29 bits per heavy atom. The minimum Gasteiger partial charge on any atom is -0.373 e. The second-order valence-corrected chi connectivity index (χ2v) is 9.29. The van der Waals surface area contributed by atoms with Crippen molar-refractivity contribution in [3.63, 3.8) is 0 Å². The van der Waals surface area contributed by atoms with E-state index in [1.54, 1.807) is 6.20 Å². The van der Waals surface area contributed by atoms with Crippen molar-refractivity contribution in [3.8, 4) is 0 Å². The molecule has 3 atom stereocenters. The largest absolute Gasteiger partial charge is 0.373 e. The molecule has 4 heterocycles. The fraction of sp³-hybridized carbons (Fsp3) is 0.360. The van der Waals surface area contributed by atoms with Crippen molar-refractivity contribution in [3.05, 3.63) is 82.1 Å². The molecular formula is C25H25N5O4. The molecular weight excluding hydrogens is 434 g/mol. The van der Waals surface area contributed by atoms with Gasteiger partial charge in [0.25, 0.3) is 11.5 Å². The molecule has 1 aromatic carbocycles. The molecule has 9 nitrogen and oxygen atoms in total. The molecule has 0 saturated carbocycles. The van der Waals surface area contributed by atoms with Crippen LogP contribution >= 0.6 is 0 Å². The Morgan fingerprint density at radius 3 is 3.06 bits per heavy atom. The number of nitrogens with one attached hydrogen (secondary N) is 2. The molecule has 2 N–H and O–H groups in total. The molecule has 3 unspecified atom stereocenters. The van der Waals surface area contributed by atoms with Gasteiger partial charge in [0.1, 0.15) is 5.52 Å². The van der Waals surface area contributed by atoms with Gasteiger partial charge in [0.15, 0.2) is 5.69 Å². The van der Waals surface area contributed by atoms with Gasteiger partial charge in [0.2, 0.25) is 5.91 Å². The first-order valence-corrected chi connectivity index (χ1v) is 11.6. The first kappa shape index (κ1) is 20.9. The summed E-state index contributed by atoms with van der Waals surface area (Å²) in [5, 5.41) is 7.17. The zero-order valence-electron chi connectivity index (χ0n) is 18.6. The molecule has 174 valence electrons.